The minimum atomic E-state index is 0.697. The molecule has 0 aliphatic rings. The van der Waals surface area contributed by atoms with Gasteiger partial charge in [0.2, 0.25) is 0 Å². The number of nitrogens with one attached hydrogen (secondary N) is 1. The molecule has 0 saturated carbocycles. The molecule has 1 radical (unpaired) electrons. The third-order valence-electron chi connectivity index (χ3n) is 1.58. The third-order valence-corrected chi connectivity index (χ3v) is 1.58. The molecule has 0 aliphatic heterocycles. The molecule has 0 unspecified atom stereocenters. The number of para-hydroxylation sites is 1. The highest BCUT2D eigenvalue weighted by Crippen LogP contribution is 2.17. The molecule has 1 aromatic rings. The molecule has 0 saturated heterocycles. The van der Waals surface area contributed by atoms with Crippen LogP contribution in [-0.2, 0) is 5.21 Å². The fourth-order valence-electron chi connectivity index (χ4n) is 0.975. The van der Waals surface area contributed by atoms with Gasteiger partial charge in [0.15, 0.2) is 0 Å². The molecule has 0 amide bonds. The Morgan fingerprint density at radius 1 is 1.20 bits per heavy atom. The molecular formula is C8H10NO. The fourth-order valence-corrected chi connectivity index (χ4v) is 0.975. The van der Waals surface area contributed by atoms with Crippen LogP contribution in [0.4, 0.5) is 5.69 Å². The molecule has 53 valence electrons. The van der Waals surface area contributed by atoms with E-state index in [4.69, 9.17) is 0 Å². The van der Waals surface area contributed by atoms with Gasteiger partial charge in [-0.25, -0.2) is 5.48 Å². The standard InChI is InChI=1S/C8H10NO/c1-6-4-3-5-7(2)8(6)9-10/h3-5,9H,1-2H3. The molecule has 0 heterocycles. The molecule has 1 aromatic carbocycles. The minimum Gasteiger partial charge on any atom is -0.233 e. The van der Waals surface area contributed by atoms with E-state index in [0.29, 0.717) is 5.69 Å². The van der Waals surface area contributed by atoms with Crippen molar-refractivity contribution in [1.29, 1.82) is 0 Å². The molecule has 10 heavy (non-hydrogen) atoms. The summed E-state index contributed by atoms with van der Waals surface area (Å²) in [6.07, 6.45) is 0. The molecule has 1 N–H and O–H groups in total. The van der Waals surface area contributed by atoms with Crippen molar-refractivity contribution in [2.75, 3.05) is 5.48 Å². The van der Waals surface area contributed by atoms with Crippen LogP contribution in [0.2, 0.25) is 0 Å². The van der Waals surface area contributed by atoms with Crippen molar-refractivity contribution in [1.82, 2.24) is 0 Å². The average molecular weight is 136 g/mol. The van der Waals surface area contributed by atoms with E-state index in [0.717, 1.165) is 11.1 Å². The number of hydrogen-bond acceptors (Lipinski definition) is 1. The smallest absolute Gasteiger partial charge is 0.0693 e. The van der Waals surface area contributed by atoms with Crippen LogP contribution < -0.4 is 5.48 Å². The van der Waals surface area contributed by atoms with Crippen LogP contribution in [0, 0.1) is 13.8 Å². The van der Waals surface area contributed by atoms with E-state index in [2.05, 4.69) is 0 Å². The predicted octanol–water partition coefficient (Wildman–Crippen LogP) is 2.06. The second-order valence-electron chi connectivity index (χ2n) is 2.37. The van der Waals surface area contributed by atoms with Gasteiger partial charge in [0.05, 0.1) is 5.69 Å². The van der Waals surface area contributed by atoms with Gasteiger partial charge in [-0.3, -0.25) is 0 Å². The minimum absolute atomic E-state index is 0.697. The zero-order chi connectivity index (χ0) is 7.56. The summed E-state index contributed by atoms with van der Waals surface area (Å²) in [6, 6.07) is 5.76. The van der Waals surface area contributed by atoms with E-state index in [9.17, 15) is 5.21 Å². The summed E-state index contributed by atoms with van der Waals surface area (Å²) in [5, 5.41) is 10.3. The van der Waals surface area contributed by atoms with Gasteiger partial charge < -0.3 is 0 Å². The fraction of sp³-hybridized carbons (Fsp3) is 0.250. The molecule has 0 spiro atoms. The maximum absolute atomic E-state index is 10.3. The van der Waals surface area contributed by atoms with Gasteiger partial charge in [-0.2, -0.15) is 0 Å². The first kappa shape index (κ1) is 7.09. The zero-order valence-electron chi connectivity index (χ0n) is 6.14. The zero-order valence-corrected chi connectivity index (χ0v) is 6.14. The van der Waals surface area contributed by atoms with Crippen LogP contribution in [0.5, 0.6) is 0 Å². The van der Waals surface area contributed by atoms with Crippen molar-refractivity contribution >= 4 is 5.69 Å². The summed E-state index contributed by atoms with van der Waals surface area (Å²) in [6.45, 7) is 3.82. The van der Waals surface area contributed by atoms with Crippen LogP contribution in [0.25, 0.3) is 0 Å². The van der Waals surface area contributed by atoms with E-state index in [-0.39, 0.29) is 0 Å². The summed E-state index contributed by atoms with van der Waals surface area (Å²) >= 11 is 0. The number of hydrogen-bond donors (Lipinski definition) is 1. The second-order valence-corrected chi connectivity index (χ2v) is 2.37. The Morgan fingerprint density at radius 3 is 2.00 bits per heavy atom. The van der Waals surface area contributed by atoms with Crippen LogP contribution in [0.1, 0.15) is 11.1 Å². The Balaban J connectivity index is 3.17. The molecule has 2 nitrogen and oxygen atoms in total. The van der Waals surface area contributed by atoms with Crippen molar-refractivity contribution in [2.45, 2.75) is 13.8 Å². The highest BCUT2D eigenvalue weighted by Gasteiger charge is 1.98. The van der Waals surface area contributed by atoms with Crippen molar-refractivity contribution in [3.8, 4) is 0 Å². The van der Waals surface area contributed by atoms with Crippen LogP contribution in [0.15, 0.2) is 18.2 Å². The lowest BCUT2D eigenvalue weighted by atomic mass is 10.1. The van der Waals surface area contributed by atoms with E-state index in [1.165, 1.54) is 0 Å². The van der Waals surface area contributed by atoms with E-state index in [1.807, 2.05) is 37.5 Å². The van der Waals surface area contributed by atoms with E-state index >= 15 is 0 Å². The number of anilines is 1. The molecule has 0 aromatic heterocycles. The predicted molar refractivity (Wildman–Crippen MR) is 40.2 cm³/mol. The number of aryl methyl sites for hydroxylation is 2. The Bertz CT molecular complexity index is 212. The van der Waals surface area contributed by atoms with Gasteiger partial charge >= 0.3 is 0 Å². The largest absolute Gasteiger partial charge is 0.233 e. The lowest BCUT2D eigenvalue weighted by molar-refractivity contribution is 0.274. The molecule has 0 atom stereocenters. The maximum atomic E-state index is 10.3. The van der Waals surface area contributed by atoms with Crippen molar-refractivity contribution in [3.05, 3.63) is 29.3 Å². The average Bonchev–Trinajstić information content (AvgIpc) is 1.88. The summed E-state index contributed by atoms with van der Waals surface area (Å²) in [4.78, 5) is 0. The van der Waals surface area contributed by atoms with Crippen LogP contribution in [0.3, 0.4) is 0 Å². The van der Waals surface area contributed by atoms with Crippen LogP contribution in [-0.4, -0.2) is 0 Å². The normalized spacial score (nSPS) is 9.50. The summed E-state index contributed by atoms with van der Waals surface area (Å²) in [7, 11) is 0. The Hall–Kier alpha value is -1.02. The lowest BCUT2D eigenvalue weighted by Crippen LogP contribution is -1.92. The first-order chi connectivity index (χ1) is 4.75. The van der Waals surface area contributed by atoms with Crippen molar-refractivity contribution < 1.29 is 5.21 Å². The van der Waals surface area contributed by atoms with Crippen molar-refractivity contribution in [2.24, 2.45) is 0 Å². The maximum Gasteiger partial charge on any atom is 0.0693 e. The summed E-state index contributed by atoms with van der Waals surface area (Å²) < 4.78 is 0. The Kier molecular flexibility index (Phi) is 1.92. The highest BCUT2D eigenvalue weighted by molar-refractivity contribution is 5.54. The molecule has 2 heteroatoms. The van der Waals surface area contributed by atoms with Gasteiger partial charge in [0.1, 0.15) is 0 Å². The van der Waals surface area contributed by atoms with E-state index < -0.39 is 0 Å². The number of rotatable bonds is 1. The first-order valence-electron chi connectivity index (χ1n) is 3.20. The monoisotopic (exact) mass is 136 g/mol. The third kappa shape index (κ3) is 1.11. The first-order valence-corrected chi connectivity index (χ1v) is 3.20. The quantitative estimate of drug-likeness (QED) is 0.589. The lowest BCUT2D eigenvalue weighted by Gasteiger charge is -2.04. The van der Waals surface area contributed by atoms with E-state index in [1.54, 1.807) is 0 Å². The van der Waals surface area contributed by atoms with Gasteiger partial charge in [-0.1, -0.05) is 23.4 Å². The van der Waals surface area contributed by atoms with Gasteiger partial charge in [-0.05, 0) is 25.0 Å². The molecular weight excluding hydrogens is 126 g/mol. The summed E-state index contributed by atoms with van der Waals surface area (Å²) in [5.41, 5.74) is 4.60. The van der Waals surface area contributed by atoms with Crippen LogP contribution >= 0.6 is 0 Å². The second kappa shape index (κ2) is 2.71. The van der Waals surface area contributed by atoms with Gasteiger partial charge in [0, 0.05) is 0 Å². The summed E-state index contributed by atoms with van der Waals surface area (Å²) in [5.74, 6) is 0. The molecule has 0 bridgehead atoms. The molecule has 0 aliphatic carbocycles. The van der Waals surface area contributed by atoms with Crippen molar-refractivity contribution in [3.63, 3.8) is 0 Å². The topological polar surface area (TPSA) is 31.9 Å². The Morgan fingerprint density at radius 2 is 1.70 bits per heavy atom. The Labute approximate surface area is 60.5 Å². The molecule has 0 fully saturated rings. The highest BCUT2D eigenvalue weighted by atomic mass is 16.5. The number of benzene rings is 1. The molecule has 1 rings (SSSR count). The SMILES string of the molecule is Cc1cccc(C)c1N[O]. The van der Waals surface area contributed by atoms with Gasteiger partial charge in [-0.15, -0.1) is 0 Å². The van der Waals surface area contributed by atoms with Gasteiger partial charge in [0.25, 0.3) is 0 Å².